The van der Waals surface area contributed by atoms with Crippen molar-refractivity contribution < 1.29 is 29.3 Å². The predicted molar refractivity (Wildman–Crippen MR) is 63.5 cm³/mol. The van der Waals surface area contributed by atoms with Crippen molar-refractivity contribution in [3.8, 4) is 0 Å². The molecule has 0 saturated carbocycles. The Morgan fingerprint density at radius 1 is 0.778 bits per heavy atom. The summed E-state index contributed by atoms with van der Waals surface area (Å²) in [6.45, 7) is -0.196. The Bertz CT molecular complexity index is 297. The summed E-state index contributed by atoms with van der Waals surface area (Å²) in [6.07, 6.45) is 7.71. The fourth-order valence-electron chi connectivity index (χ4n) is 0.778. The fourth-order valence-corrected chi connectivity index (χ4v) is 0.778. The number of esters is 2. The van der Waals surface area contributed by atoms with Crippen LogP contribution in [-0.2, 0) is 19.1 Å². The SMILES string of the molecule is O=C(/C=C/C(=O)OC/C=C/CO)OC/C=C\CO. The van der Waals surface area contributed by atoms with Gasteiger partial charge in [0.2, 0.25) is 0 Å². The summed E-state index contributed by atoms with van der Waals surface area (Å²) in [5.74, 6) is -1.36. The Balaban J connectivity index is 3.77. The predicted octanol–water partition coefficient (Wildman–Crippen LogP) is -0.274. The first kappa shape index (κ1) is 16.1. The molecule has 18 heavy (non-hydrogen) atoms. The van der Waals surface area contributed by atoms with Crippen molar-refractivity contribution in [2.75, 3.05) is 26.4 Å². The molecule has 0 aliphatic rings. The molecule has 6 heteroatoms. The molecule has 0 aromatic heterocycles. The Morgan fingerprint density at radius 3 is 1.50 bits per heavy atom. The second-order valence-electron chi connectivity index (χ2n) is 2.90. The molecule has 0 radical (unpaired) electrons. The average Bonchev–Trinajstić information content (AvgIpc) is 2.37. The maximum absolute atomic E-state index is 11.0. The number of rotatable bonds is 8. The zero-order valence-electron chi connectivity index (χ0n) is 9.82. The molecular weight excluding hydrogens is 240 g/mol. The molecule has 0 aliphatic carbocycles. The molecule has 100 valence electrons. The van der Waals surface area contributed by atoms with Crippen LogP contribution in [0.4, 0.5) is 0 Å². The summed E-state index contributed by atoms with van der Waals surface area (Å²) in [4.78, 5) is 22.1. The van der Waals surface area contributed by atoms with Crippen molar-refractivity contribution in [3.63, 3.8) is 0 Å². The van der Waals surface area contributed by atoms with Crippen LogP contribution in [0, 0.1) is 0 Å². The molecule has 2 N–H and O–H groups in total. The van der Waals surface area contributed by atoms with E-state index in [9.17, 15) is 9.59 Å². The quantitative estimate of drug-likeness (QED) is 0.352. The summed E-state index contributed by atoms with van der Waals surface area (Å²) in [5.41, 5.74) is 0. The maximum Gasteiger partial charge on any atom is 0.331 e. The highest BCUT2D eigenvalue weighted by Crippen LogP contribution is 1.87. The third kappa shape index (κ3) is 10.6. The highest BCUT2D eigenvalue weighted by molar-refractivity contribution is 5.91. The van der Waals surface area contributed by atoms with Gasteiger partial charge in [0.05, 0.1) is 13.2 Å². The van der Waals surface area contributed by atoms with Gasteiger partial charge in [-0.2, -0.15) is 0 Å². The van der Waals surface area contributed by atoms with Crippen LogP contribution in [0.25, 0.3) is 0 Å². The van der Waals surface area contributed by atoms with Crippen LogP contribution in [0.2, 0.25) is 0 Å². The van der Waals surface area contributed by atoms with Crippen LogP contribution in [0.1, 0.15) is 0 Å². The Labute approximate surface area is 105 Å². The van der Waals surface area contributed by atoms with E-state index in [4.69, 9.17) is 10.2 Å². The molecular formula is C12H16O6. The van der Waals surface area contributed by atoms with Crippen molar-refractivity contribution in [2.45, 2.75) is 0 Å². The van der Waals surface area contributed by atoms with Crippen molar-refractivity contribution in [1.82, 2.24) is 0 Å². The lowest BCUT2D eigenvalue weighted by molar-refractivity contribution is -0.139. The smallest absolute Gasteiger partial charge is 0.331 e. The van der Waals surface area contributed by atoms with Crippen molar-refractivity contribution in [1.29, 1.82) is 0 Å². The van der Waals surface area contributed by atoms with Gasteiger partial charge in [0.15, 0.2) is 0 Å². The minimum Gasteiger partial charge on any atom is -0.458 e. The lowest BCUT2D eigenvalue weighted by Crippen LogP contribution is -2.04. The van der Waals surface area contributed by atoms with E-state index in [1.807, 2.05) is 0 Å². The summed E-state index contributed by atoms with van der Waals surface area (Å²) in [6, 6.07) is 0. The largest absolute Gasteiger partial charge is 0.458 e. The summed E-state index contributed by atoms with van der Waals surface area (Å²) in [7, 11) is 0. The fraction of sp³-hybridized carbons (Fsp3) is 0.333. The molecule has 0 bridgehead atoms. The molecule has 0 amide bonds. The van der Waals surface area contributed by atoms with Crippen LogP contribution >= 0.6 is 0 Å². The molecule has 0 unspecified atom stereocenters. The zero-order valence-corrected chi connectivity index (χ0v) is 9.82. The molecule has 6 nitrogen and oxygen atoms in total. The second kappa shape index (κ2) is 11.6. The lowest BCUT2D eigenvalue weighted by atomic mass is 10.5. The van der Waals surface area contributed by atoms with Gasteiger partial charge < -0.3 is 19.7 Å². The van der Waals surface area contributed by atoms with Gasteiger partial charge in [0.25, 0.3) is 0 Å². The normalized spacial score (nSPS) is 11.4. The van der Waals surface area contributed by atoms with Gasteiger partial charge in [-0.3, -0.25) is 0 Å². The van der Waals surface area contributed by atoms with E-state index in [-0.39, 0.29) is 26.4 Å². The molecule has 0 aromatic carbocycles. The van der Waals surface area contributed by atoms with Gasteiger partial charge in [-0.05, 0) is 12.2 Å². The highest BCUT2D eigenvalue weighted by Gasteiger charge is 1.98. The van der Waals surface area contributed by atoms with Gasteiger partial charge in [0.1, 0.15) is 13.2 Å². The third-order valence-electron chi connectivity index (χ3n) is 1.54. The molecule has 0 spiro atoms. The number of hydrogen-bond donors (Lipinski definition) is 2. The first-order valence-corrected chi connectivity index (χ1v) is 5.24. The Hall–Kier alpha value is -1.92. The van der Waals surface area contributed by atoms with Gasteiger partial charge >= 0.3 is 11.9 Å². The minimum atomic E-state index is -0.680. The Kier molecular flexibility index (Phi) is 10.3. The van der Waals surface area contributed by atoms with E-state index in [1.165, 1.54) is 24.3 Å². The number of aliphatic hydroxyl groups is 2. The number of ether oxygens (including phenoxy) is 2. The Morgan fingerprint density at radius 2 is 1.17 bits per heavy atom. The molecule has 0 saturated heterocycles. The van der Waals surface area contributed by atoms with Crippen molar-refractivity contribution in [3.05, 3.63) is 36.5 Å². The van der Waals surface area contributed by atoms with E-state index in [1.54, 1.807) is 0 Å². The first-order chi connectivity index (χ1) is 8.70. The molecule has 0 atom stereocenters. The van der Waals surface area contributed by atoms with E-state index >= 15 is 0 Å². The molecule has 0 aliphatic heterocycles. The minimum absolute atomic E-state index is 0.0258. The van der Waals surface area contributed by atoms with Crippen molar-refractivity contribution in [2.24, 2.45) is 0 Å². The standard InChI is InChI=1S/C12H16O6/c13-7-1-3-9-17-11(15)5-6-12(16)18-10-4-2-8-14/h1-6,13-14H,7-10H2/b3-1-,4-2+,6-5+. The van der Waals surface area contributed by atoms with Gasteiger partial charge in [-0.1, -0.05) is 12.2 Å². The number of carbonyl (C=O) groups excluding carboxylic acids is 2. The van der Waals surface area contributed by atoms with Gasteiger partial charge in [-0.25, -0.2) is 9.59 Å². The monoisotopic (exact) mass is 256 g/mol. The molecule has 0 rings (SSSR count). The van der Waals surface area contributed by atoms with Gasteiger partial charge in [0, 0.05) is 12.2 Å². The van der Waals surface area contributed by atoms with Gasteiger partial charge in [-0.15, -0.1) is 0 Å². The number of aliphatic hydroxyl groups excluding tert-OH is 2. The molecule has 0 fully saturated rings. The van der Waals surface area contributed by atoms with Crippen LogP contribution in [0.3, 0.4) is 0 Å². The lowest BCUT2D eigenvalue weighted by Gasteiger charge is -1.97. The van der Waals surface area contributed by atoms with Crippen LogP contribution in [0.5, 0.6) is 0 Å². The topological polar surface area (TPSA) is 93.1 Å². The maximum atomic E-state index is 11.0. The third-order valence-corrected chi connectivity index (χ3v) is 1.54. The summed E-state index contributed by atoms with van der Waals surface area (Å²) >= 11 is 0. The first-order valence-electron chi connectivity index (χ1n) is 5.24. The van der Waals surface area contributed by atoms with Crippen LogP contribution in [-0.4, -0.2) is 48.6 Å². The second-order valence-corrected chi connectivity index (χ2v) is 2.90. The summed E-state index contributed by atoms with van der Waals surface area (Å²) in [5, 5.41) is 16.8. The highest BCUT2D eigenvalue weighted by atomic mass is 16.5. The zero-order chi connectivity index (χ0) is 13.6. The molecule has 0 aromatic rings. The van der Waals surface area contributed by atoms with E-state index in [2.05, 4.69) is 9.47 Å². The van der Waals surface area contributed by atoms with Crippen LogP contribution in [0.15, 0.2) is 36.5 Å². The number of carbonyl (C=O) groups is 2. The van der Waals surface area contributed by atoms with Crippen molar-refractivity contribution >= 4 is 11.9 Å². The van der Waals surface area contributed by atoms with E-state index in [0.29, 0.717) is 0 Å². The van der Waals surface area contributed by atoms with E-state index in [0.717, 1.165) is 12.2 Å². The average molecular weight is 256 g/mol. The number of hydrogen-bond acceptors (Lipinski definition) is 6. The van der Waals surface area contributed by atoms with Crippen LogP contribution < -0.4 is 0 Å². The van der Waals surface area contributed by atoms with E-state index < -0.39 is 11.9 Å². The molecule has 0 heterocycles. The summed E-state index contributed by atoms with van der Waals surface area (Å²) < 4.78 is 9.32.